The summed E-state index contributed by atoms with van der Waals surface area (Å²) in [6.07, 6.45) is 0.488. The van der Waals surface area contributed by atoms with Gasteiger partial charge in [0.25, 0.3) is 5.22 Å². The number of rotatable bonds is 6. The van der Waals surface area contributed by atoms with Gasteiger partial charge in [0.1, 0.15) is 5.58 Å². The van der Waals surface area contributed by atoms with Gasteiger partial charge in [0.2, 0.25) is 11.8 Å². The molecule has 0 aliphatic carbocycles. The molecule has 1 aromatic carbocycles. The van der Waals surface area contributed by atoms with Crippen molar-refractivity contribution >= 4 is 45.7 Å². The molecule has 0 radical (unpaired) electrons. The van der Waals surface area contributed by atoms with Crippen molar-refractivity contribution in [2.24, 2.45) is 0 Å². The van der Waals surface area contributed by atoms with Crippen LogP contribution in [0.3, 0.4) is 0 Å². The number of aryl methyl sites for hydroxylation is 1. The van der Waals surface area contributed by atoms with Crippen molar-refractivity contribution in [2.45, 2.75) is 31.2 Å². The number of nitrogens with zero attached hydrogens (tertiary/aromatic N) is 3. The lowest BCUT2D eigenvalue weighted by atomic mass is 10.1. The second kappa shape index (κ2) is 8.18. The molecule has 0 saturated heterocycles. The van der Waals surface area contributed by atoms with Gasteiger partial charge in [0.05, 0.1) is 17.1 Å². The fourth-order valence-electron chi connectivity index (χ4n) is 2.78. The molecule has 29 heavy (non-hydrogen) atoms. The SMILES string of the molecule is CC(=O)Nc1ccc2c(CSc3nnc(Cc4csc(C)n4)o3)cc(=O)oc2c1. The van der Waals surface area contributed by atoms with Crippen molar-refractivity contribution in [3.8, 4) is 0 Å². The van der Waals surface area contributed by atoms with Gasteiger partial charge < -0.3 is 14.2 Å². The highest BCUT2D eigenvalue weighted by Crippen LogP contribution is 2.27. The molecule has 0 fully saturated rings. The minimum Gasteiger partial charge on any atom is -0.423 e. The lowest BCUT2D eigenvalue weighted by Crippen LogP contribution is -2.06. The Hall–Kier alpha value is -2.98. The maximum atomic E-state index is 11.9. The van der Waals surface area contributed by atoms with Crippen molar-refractivity contribution in [3.05, 3.63) is 62.2 Å². The van der Waals surface area contributed by atoms with E-state index in [1.807, 2.05) is 18.4 Å². The van der Waals surface area contributed by atoms with Crippen LogP contribution in [0.5, 0.6) is 0 Å². The van der Waals surface area contributed by atoms with Crippen LogP contribution in [0.4, 0.5) is 5.69 Å². The molecule has 1 amide bonds. The molecule has 0 aliphatic rings. The third-order valence-corrected chi connectivity index (χ3v) is 5.64. The number of anilines is 1. The van der Waals surface area contributed by atoms with E-state index < -0.39 is 5.63 Å². The van der Waals surface area contributed by atoms with Gasteiger partial charge >= 0.3 is 5.63 Å². The molecule has 3 heterocycles. The zero-order valence-electron chi connectivity index (χ0n) is 15.6. The molecule has 148 valence electrons. The van der Waals surface area contributed by atoms with E-state index in [4.69, 9.17) is 8.83 Å². The van der Waals surface area contributed by atoms with Crippen LogP contribution in [-0.4, -0.2) is 21.1 Å². The summed E-state index contributed by atoms with van der Waals surface area (Å²) in [7, 11) is 0. The van der Waals surface area contributed by atoms with Crippen LogP contribution >= 0.6 is 23.1 Å². The van der Waals surface area contributed by atoms with Gasteiger partial charge in [-0.05, 0) is 24.6 Å². The van der Waals surface area contributed by atoms with E-state index in [1.165, 1.54) is 24.8 Å². The van der Waals surface area contributed by atoms with Crippen LogP contribution < -0.4 is 10.9 Å². The van der Waals surface area contributed by atoms with Gasteiger partial charge in [0.15, 0.2) is 0 Å². The standard InChI is InChI=1S/C19H16N4O4S2/c1-10(24)20-13-3-4-15-12(5-18(25)26-16(15)6-13)8-29-19-23-22-17(27-19)7-14-9-28-11(2)21-14/h3-6,9H,7-8H2,1-2H3,(H,20,24). The summed E-state index contributed by atoms with van der Waals surface area (Å²) in [5.74, 6) is 0.757. The number of thiazole rings is 1. The summed E-state index contributed by atoms with van der Waals surface area (Å²) in [6.45, 7) is 3.37. The summed E-state index contributed by atoms with van der Waals surface area (Å²) < 4.78 is 11.0. The van der Waals surface area contributed by atoms with Crippen molar-refractivity contribution in [2.75, 3.05) is 5.32 Å². The highest BCUT2D eigenvalue weighted by Gasteiger charge is 2.12. The van der Waals surface area contributed by atoms with Gasteiger partial charge in [0, 0.05) is 41.3 Å². The molecule has 0 unspecified atom stereocenters. The van der Waals surface area contributed by atoms with Crippen LogP contribution in [0.1, 0.15) is 29.1 Å². The Balaban J connectivity index is 1.50. The highest BCUT2D eigenvalue weighted by atomic mass is 32.2. The molecule has 8 nitrogen and oxygen atoms in total. The number of amides is 1. The number of carbonyl (C=O) groups is 1. The van der Waals surface area contributed by atoms with Crippen molar-refractivity contribution in [1.29, 1.82) is 0 Å². The first-order valence-corrected chi connectivity index (χ1v) is 10.5. The first-order chi connectivity index (χ1) is 14.0. The van der Waals surface area contributed by atoms with Crippen molar-refractivity contribution < 1.29 is 13.6 Å². The molecule has 0 atom stereocenters. The van der Waals surface area contributed by atoms with E-state index in [0.717, 1.165) is 21.7 Å². The van der Waals surface area contributed by atoms with Crippen LogP contribution in [-0.2, 0) is 17.0 Å². The van der Waals surface area contributed by atoms with E-state index in [-0.39, 0.29) is 5.91 Å². The lowest BCUT2D eigenvalue weighted by molar-refractivity contribution is -0.114. The molecule has 4 aromatic rings. The minimum atomic E-state index is -0.460. The molecule has 3 aromatic heterocycles. The number of benzene rings is 1. The zero-order chi connectivity index (χ0) is 20.4. The molecular weight excluding hydrogens is 412 g/mol. The highest BCUT2D eigenvalue weighted by molar-refractivity contribution is 7.98. The average Bonchev–Trinajstić information content (AvgIpc) is 3.27. The topological polar surface area (TPSA) is 111 Å². The largest absolute Gasteiger partial charge is 0.423 e. The van der Waals surface area contributed by atoms with Crippen molar-refractivity contribution in [3.63, 3.8) is 0 Å². The molecule has 10 heteroatoms. The smallest absolute Gasteiger partial charge is 0.336 e. The van der Waals surface area contributed by atoms with Crippen LogP contribution in [0, 0.1) is 6.92 Å². The second-order valence-electron chi connectivity index (χ2n) is 6.27. The molecule has 0 aliphatic heterocycles. The van der Waals surface area contributed by atoms with E-state index in [2.05, 4.69) is 20.5 Å². The second-order valence-corrected chi connectivity index (χ2v) is 8.26. The number of carbonyl (C=O) groups excluding carboxylic acids is 1. The number of hydrogen-bond donors (Lipinski definition) is 1. The Labute approximate surface area is 173 Å². The predicted octanol–water partition coefficient (Wildman–Crippen LogP) is 3.78. The quantitative estimate of drug-likeness (QED) is 0.365. The number of fused-ring (bicyclic) bond motifs is 1. The average molecular weight is 428 g/mol. The Morgan fingerprint density at radius 3 is 2.86 bits per heavy atom. The van der Waals surface area contributed by atoms with Crippen molar-refractivity contribution in [1.82, 2.24) is 15.2 Å². The van der Waals surface area contributed by atoms with Gasteiger partial charge in [-0.15, -0.1) is 21.5 Å². The Morgan fingerprint density at radius 1 is 1.24 bits per heavy atom. The minimum absolute atomic E-state index is 0.196. The van der Waals surface area contributed by atoms with E-state index >= 15 is 0 Å². The van der Waals surface area contributed by atoms with Gasteiger partial charge in [-0.2, -0.15) is 0 Å². The zero-order valence-corrected chi connectivity index (χ0v) is 17.2. The number of thioether (sulfide) groups is 1. The van der Waals surface area contributed by atoms with Crippen LogP contribution in [0.15, 0.2) is 48.5 Å². The molecule has 0 spiro atoms. The Morgan fingerprint density at radius 2 is 2.10 bits per heavy atom. The molecule has 4 rings (SSSR count). The molecule has 1 N–H and O–H groups in total. The fourth-order valence-corrected chi connectivity index (χ4v) is 4.17. The molecule has 0 saturated carbocycles. The Kier molecular flexibility index (Phi) is 5.45. The third-order valence-electron chi connectivity index (χ3n) is 3.95. The first kappa shape index (κ1) is 19.3. The molecule has 0 bridgehead atoms. The molecular formula is C19H16N4O4S2. The number of hydrogen-bond acceptors (Lipinski definition) is 9. The summed E-state index contributed by atoms with van der Waals surface area (Å²) in [4.78, 5) is 27.6. The van der Waals surface area contributed by atoms with E-state index in [0.29, 0.717) is 34.6 Å². The van der Waals surface area contributed by atoms with Crippen LogP contribution in [0.2, 0.25) is 0 Å². The first-order valence-electron chi connectivity index (χ1n) is 8.67. The summed E-state index contributed by atoms with van der Waals surface area (Å²) in [6, 6.07) is 6.65. The fraction of sp³-hybridized carbons (Fsp3) is 0.211. The Bertz CT molecular complexity index is 1240. The van der Waals surface area contributed by atoms with E-state index in [1.54, 1.807) is 23.5 Å². The van der Waals surface area contributed by atoms with Gasteiger partial charge in [-0.3, -0.25) is 4.79 Å². The van der Waals surface area contributed by atoms with Gasteiger partial charge in [-0.25, -0.2) is 9.78 Å². The van der Waals surface area contributed by atoms with Gasteiger partial charge in [-0.1, -0.05) is 11.8 Å². The monoisotopic (exact) mass is 428 g/mol. The predicted molar refractivity (Wildman–Crippen MR) is 110 cm³/mol. The lowest BCUT2D eigenvalue weighted by Gasteiger charge is -2.06. The normalized spacial score (nSPS) is 11.1. The third kappa shape index (κ3) is 4.72. The summed E-state index contributed by atoms with van der Waals surface area (Å²) in [5.41, 5.74) is 2.19. The number of aromatic nitrogens is 3. The van der Waals surface area contributed by atoms with Crippen LogP contribution in [0.25, 0.3) is 11.0 Å². The number of nitrogens with one attached hydrogen (secondary N) is 1. The summed E-state index contributed by atoms with van der Waals surface area (Å²) in [5, 5.41) is 15.0. The maximum Gasteiger partial charge on any atom is 0.336 e. The maximum absolute atomic E-state index is 11.9. The van der Waals surface area contributed by atoms with E-state index in [9.17, 15) is 9.59 Å². The summed E-state index contributed by atoms with van der Waals surface area (Å²) >= 11 is 2.92.